The van der Waals surface area contributed by atoms with Crippen molar-refractivity contribution >= 4 is 6.16 Å². The average Bonchev–Trinajstić information content (AvgIpc) is 2.65. The molecule has 0 atom stereocenters. The maximum Gasteiger partial charge on any atom is 0.508 e. The maximum atomic E-state index is 13.5. The molecule has 0 aromatic carbocycles. The smallest absolute Gasteiger partial charge is 0.434 e. The van der Waals surface area contributed by atoms with Gasteiger partial charge in [0.2, 0.25) is 0 Å². The first kappa shape index (κ1) is 31.1. The van der Waals surface area contributed by atoms with E-state index < -0.39 is 67.3 Å². The number of hydrogen-bond donors (Lipinski definition) is 0. The molecule has 0 spiro atoms. The van der Waals surface area contributed by atoms with E-state index in [0.29, 0.717) is 6.42 Å². The number of carbonyl (C=O) groups excluding carboxylic acids is 1. The van der Waals surface area contributed by atoms with Crippen LogP contribution in [0, 0.1) is 0 Å². The second kappa shape index (κ2) is 9.42. The topological polar surface area (TPSA) is 35.5 Å². The summed E-state index contributed by atoms with van der Waals surface area (Å²) in [5.41, 5.74) is 0. The zero-order valence-corrected chi connectivity index (χ0v) is 15.7. The van der Waals surface area contributed by atoms with Gasteiger partial charge in [-0.1, -0.05) is 13.3 Å². The summed E-state index contributed by atoms with van der Waals surface area (Å²) in [6.07, 6.45) is -7.80. The van der Waals surface area contributed by atoms with Crippen molar-refractivity contribution in [2.24, 2.45) is 0 Å². The van der Waals surface area contributed by atoms with E-state index in [9.17, 15) is 75.0 Å². The van der Waals surface area contributed by atoms with Gasteiger partial charge in [-0.2, -0.15) is 61.5 Å². The van der Waals surface area contributed by atoms with Gasteiger partial charge in [0.1, 0.15) is 0 Å². The molecule has 0 heterocycles. The maximum absolute atomic E-state index is 13.5. The molecular formula is C14H12F16O3. The summed E-state index contributed by atoms with van der Waals surface area (Å²) < 4.78 is 216. The Morgan fingerprint density at radius 1 is 0.667 bits per heavy atom. The van der Waals surface area contributed by atoms with Crippen molar-refractivity contribution in [2.45, 2.75) is 67.6 Å². The van der Waals surface area contributed by atoms with E-state index in [-0.39, 0.29) is 6.42 Å². The van der Waals surface area contributed by atoms with Crippen LogP contribution in [-0.2, 0) is 9.47 Å². The largest absolute Gasteiger partial charge is 0.508 e. The van der Waals surface area contributed by atoms with Crippen LogP contribution in [0.1, 0.15) is 19.8 Å². The molecule has 3 nitrogen and oxygen atoms in total. The van der Waals surface area contributed by atoms with E-state index >= 15 is 0 Å². The quantitative estimate of drug-likeness (QED) is 0.161. The lowest BCUT2D eigenvalue weighted by atomic mass is 9.89. The van der Waals surface area contributed by atoms with Crippen LogP contribution in [0.3, 0.4) is 0 Å². The van der Waals surface area contributed by atoms with Gasteiger partial charge in [0, 0.05) is 0 Å². The van der Waals surface area contributed by atoms with Crippen molar-refractivity contribution in [2.75, 3.05) is 13.2 Å². The third kappa shape index (κ3) is 5.00. The van der Waals surface area contributed by atoms with Crippen LogP contribution >= 0.6 is 0 Å². The lowest BCUT2D eigenvalue weighted by molar-refractivity contribution is -0.447. The summed E-state index contributed by atoms with van der Waals surface area (Å²) in [6.45, 7) is -2.35. The van der Waals surface area contributed by atoms with Crippen LogP contribution in [0.4, 0.5) is 75.0 Å². The van der Waals surface area contributed by atoms with Crippen molar-refractivity contribution < 1.29 is 84.5 Å². The molecule has 198 valence electrons. The van der Waals surface area contributed by atoms with Crippen LogP contribution in [0.15, 0.2) is 0 Å². The van der Waals surface area contributed by atoms with Crippen LogP contribution in [0.5, 0.6) is 0 Å². The molecule has 0 rings (SSSR count). The zero-order chi connectivity index (χ0) is 26.9. The second-order valence-electron chi connectivity index (χ2n) is 6.24. The minimum Gasteiger partial charge on any atom is -0.434 e. The molecule has 0 saturated heterocycles. The molecule has 0 fully saturated rings. The van der Waals surface area contributed by atoms with Gasteiger partial charge < -0.3 is 9.47 Å². The Balaban J connectivity index is 6.12. The van der Waals surface area contributed by atoms with Crippen LogP contribution < -0.4 is 0 Å². The number of alkyl halides is 16. The number of unbranched alkanes of at least 4 members (excludes halogenated alkanes) is 1. The monoisotopic (exact) mass is 532 g/mol. The highest BCUT2D eigenvalue weighted by Gasteiger charge is 2.93. The fraction of sp³-hybridized carbons (Fsp3) is 0.929. The Bertz CT molecular complexity index is 675. The van der Waals surface area contributed by atoms with Crippen LogP contribution in [0.25, 0.3) is 0 Å². The lowest BCUT2D eigenvalue weighted by Crippen LogP contribution is -2.74. The molecule has 0 bridgehead atoms. The van der Waals surface area contributed by atoms with Crippen molar-refractivity contribution in [1.29, 1.82) is 0 Å². The highest BCUT2D eigenvalue weighted by molar-refractivity contribution is 5.59. The SMILES string of the molecule is CCCCOC(=O)OCC(F)(F)C(F)(F)C(F)(F)C(F)(F)C(F)(F)C(F)(F)C(F)(F)C(F)F. The van der Waals surface area contributed by atoms with Gasteiger partial charge in [-0.25, -0.2) is 13.6 Å². The highest BCUT2D eigenvalue weighted by atomic mass is 19.4. The van der Waals surface area contributed by atoms with E-state index in [0.717, 1.165) is 0 Å². The molecule has 0 aromatic rings. The summed E-state index contributed by atoms with van der Waals surface area (Å²) in [7, 11) is 0. The normalized spacial score (nSPS) is 15.1. The predicted molar refractivity (Wildman–Crippen MR) is 72.8 cm³/mol. The van der Waals surface area contributed by atoms with Crippen molar-refractivity contribution in [3.8, 4) is 0 Å². The number of rotatable bonds is 12. The molecule has 0 radical (unpaired) electrons. The van der Waals surface area contributed by atoms with Gasteiger partial charge in [0.25, 0.3) is 0 Å². The number of carbonyl (C=O) groups is 1. The number of ether oxygens (including phenoxy) is 2. The highest BCUT2D eigenvalue weighted by Crippen LogP contribution is 2.62. The molecule has 0 aromatic heterocycles. The molecule has 0 aliphatic carbocycles. The van der Waals surface area contributed by atoms with Crippen LogP contribution in [-0.4, -0.2) is 67.3 Å². The summed E-state index contributed by atoms with van der Waals surface area (Å²) in [5, 5.41) is 0. The van der Waals surface area contributed by atoms with Crippen molar-refractivity contribution in [3.63, 3.8) is 0 Å². The van der Waals surface area contributed by atoms with Gasteiger partial charge in [-0.15, -0.1) is 0 Å². The van der Waals surface area contributed by atoms with E-state index in [1.807, 2.05) is 0 Å². The van der Waals surface area contributed by atoms with Crippen LogP contribution in [0.2, 0.25) is 0 Å². The molecule has 0 saturated carbocycles. The Labute approximate surface area is 173 Å². The van der Waals surface area contributed by atoms with Gasteiger partial charge in [0.15, 0.2) is 6.61 Å². The van der Waals surface area contributed by atoms with Gasteiger partial charge in [0.05, 0.1) is 6.61 Å². The summed E-state index contributed by atoms with van der Waals surface area (Å²) in [5.74, 6) is -55.4. The summed E-state index contributed by atoms with van der Waals surface area (Å²) in [4.78, 5) is 10.9. The molecule has 19 heteroatoms. The predicted octanol–water partition coefficient (Wildman–Crippen LogP) is 6.65. The molecule has 0 amide bonds. The first-order chi connectivity index (χ1) is 14.4. The number of hydrogen-bond acceptors (Lipinski definition) is 3. The number of halogens is 16. The Kier molecular flexibility index (Phi) is 8.89. The minimum absolute atomic E-state index is 0.0402. The molecule has 0 unspecified atom stereocenters. The van der Waals surface area contributed by atoms with Gasteiger partial charge in [-0.3, -0.25) is 0 Å². The standard InChI is InChI=1S/C14H12F16O3/c1-2-3-4-32-7(31)33-5-8(17,18)10(21,22)12(25,26)14(29,30)13(27,28)11(23,24)9(19,20)6(15)16/h6H,2-5H2,1H3. The van der Waals surface area contributed by atoms with E-state index in [1.54, 1.807) is 0 Å². The molecule has 0 N–H and O–H groups in total. The average molecular weight is 532 g/mol. The van der Waals surface area contributed by atoms with E-state index in [2.05, 4.69) is 9.47 Å². The summed E-state index contributed by atoms with van der Waals surface area (Å²) in [6, 6.07) is 0. The first-order valence-corrected chi connectivity index (χ1v) is 8.12. The third-order valence-electron chi connectivity index (χ3n) is 3.82. The second-order valence-corrected chi connectivity index (χ2v) is 6.24. The van der Waals surface area contributed by atoms with Gasteiger partial charge >= 0.3 is 54.0 Å². The Morgan fingerprint density at radius 2 is 1.06 bits per heavy atom. The molecule has 0 aliphatic rings. The van der Waals surface area contributed by atoms with Crippen molar-refractivity contribution in [3.05, 3.63) is 0 Å². The first-order valence-electron chi connectivity index (χ1n) is 8.12. The van der Waals surface area contributed by atoms with E-state index in [1.165, 1.54) is 6.92 Å². The zero-order valence-electron chi connectivity index (χ0n) is 15.7. The van der Waals surface area contributed by atoms with Crippen molar-refractivity contribution in [1.82, 2.24) is 0 Å². The molecule has 33 heavy (non-hydrogen) atoms. The molecular weight excluding hydrogens is 520 g/mol. The summed E-state index contributed by atoms with van der Waals surface area (Å²) >= 11 is 0. The van der Waals surface area contributed by atoms with E-state index in [4.69, 9.17) is 0 Å². The Morgan fingerprint density at radius 3 is 1.45 bits per heavy atom. The third-order valence-corrected chi connectivity index (χ3v) is 3.82. The Hall–Kier alpha value is -1.85. The molecule has 0 aliphatic heterocycles. The minimum atomic E-state index is -8.49. The van der Waals surface area contributed by atoms with Gasteiger partial charge in [-0.05, 0) is 6.42 Å². The fourth-order valence-corrected chi connectivity index (χ4v) is 1.75. The fourth-order valence-electron chi connectivity index (χ4n) is 1.75. The lowest BCUT2D eigenvalue weighted by Gasteiger charge is -2.42.